The summed E-state index contributed by atoms with van der Waals surface area (Å²) < 4.78 is 46.9. The van der Waals surface area contributed by atoms with Crippen LogP contribution in [-0.2, 0) is 17.6 Å². The van der Waals surface area contributed by atoms with Crippen LogP contribution < -0.4 is 10.1 Å². The Bertz CT molecular complexity index is 1260. The van der Waals surface area contributed by atoms with Gasteiger partial charge in [0.1, 0.15) is 24.0 Å². The van der Waals surface area contributed by atoms with Gasteiger partial charge >= 0.3 is 6.18 Å². The van der Waals surface area contributed by atoms with Crippen LogP contribution in [0.3, 0.4) is 0 Å². The van der Waals surface area contributed by atoms with Crippen molar-refractivity contribution in [3.63, 3.8) is 0 Å². The number of rotatable bonds is 6. The molecule has 0 saturated carbocycles. The first kappa shape index (κ1) is 26.2. The molecular formula is C24H14Br2F3IN2O2. The number of carbonyl (C=O) groups excluding carboxylic acids is 1. The third kappa shape index (κ3) is 7.07. The van der Waals surface area contributed by atoms with E-state index >= 15 is 0 Å². The van der Waals surface area contributed by atoms with Gasteiger partial charge in [0.15, 0.2) is 0 Å². The Kier molecular flexibility index (Phi) is 8.78. The number of anilines is 1. The SMILES string of the molecule is N#C/C(=C/c1cc(Br)c(OCc2ccc(I)cc2)c(Br)c1)C(=O)Nc1cccc(C(F)(F)F)c1. The van der Waals surface area contributed by atoms with Crippen LogP contribution in [0.2, 0.25) is 0 Å². The number of halogens is 6. The number of nitrogens with zero attached hydrogens (tertiary/aromatic N) is 1. The number of alkyl halides is 3. The van der Waals surface area contributed by atoms with Crippen LogP contribution in [0.25, 0.3) is 6.08 Å². The molecule has 4 nitrogen and oxygen atoms in total. The second-order valence-corrected chi connectivity index (χ2v) is 9.89. The number of ether oxygens (including phenoxy) is 1. The first-order valence-corrected chi connectivity index (χ1v) is 12.2. The molecule has 0 bridgehead atoms. The van der Waals surface area contributed by atoms with E-state index in [1.807, 2.05) is 24.3 Å². The Balaban J connectivity index is 1.77. The van der Waals surface area contributed by atoms with Crippen LogP contribution in [-0.4, -0.2) is 5.91 Å². The van der Waals surface area contributed by atoms with Crippen LogP contribution in [0.4, 0.5) is 18.9 Å². The zero-order chi connectivity index (χ0) is 24.9. The van der Waals surface area contributed by atoms with Gasteiger partial charge in [0, 0.05) is 9.26 Å². The fourth-order valence-corrected chi connectivity index (χ4v) is 4.63. The van der Waals surface area contributed by atoms with Gasteiger partial charge in [0.25, 0.3) is 5.91 Å². The summed E-state index contributed by atoms with van der Waals surface area (Å²) in [6.07, 6.45) is -3.21. The zero-order valence-electron chi connectivity index (χ0n) is 17.1. The molecule has 1 N–H and O–H groups in total. The van der Waals surface area contributed by atoms with Gasteiger partial charge in [0.05, 0.1) is 14.5 Å². The minimum absolute atomic E-state index is 0.0670. The minimum Gasteiger partial charge on any atom is -0.487 e. The molecule has 10 heteroatoms. The molecule has 174 valence electrons. The van der Waals surface area contributed by atoms with Crippen molar-refractivity contribution < 1.29 is 22.7 Å². The molecular weight excluding hydrogens is 692 g/mol. The molecule has 0 aliphatic carbocycles. The third-order valence-corrected chi connectivity index (χ3v) is 6.34. The maximum absolute atomic E-state index is 12.9. The number of carbonyl (C=O) groups is 1. The van der Waals surface area contributed by atoms with E-state index in [1.165, 1.54) is 18.2 Å². The van der Waals surface area contributed by atoms with Crippen LogP contribution in [0.15, 0.2) is 75.2 Å². The number of amides is 1. The number of hydrogen-bond acceptors (Lipinski definition) is 3. The third-order valence-electron chi connectivity index (χ3n) is 4.44. The van der Waals surface area contributed by atoms with Gasteiger partial charge in [-0.25, -0.2) is 0 Å². The van der Waals surface area contributed by atoms with Crippen molar-refractivity contribution in [3.05, 3.63) is 95.4 Å². The maximum Gasteiger partial charge on any atom is 0.416 e. The standard InChI is InChI=1S/C24H14Br2F3IN2O2/c25-20-9-15(10-21(26)22(20)34-13-14-4-6-18(30)7-5-14)8-16(12-31)23(33)32-19-3-1-2-17(11-19)24(27,28)29/h1-11H,13H2,(H,32,33)/b16-8-. The molecule has 0 aliphatic heterocycles. The summed E-state index contributed by atoms with van der Waals surface area (Å²) in [7, 11) is 0. The van der Waals surface area contributed by atoms with E-state index in [9.17, 15) is 23.2 Å². The van der Waals surface area contributed by atoms with Crippen molar-refractivity contribution in [2.24, 2.45) is 0 Å². The number of hydrogen-bond donors (Lipinski definition) is 1. The van der Waals surface area contributed by atoms with E-state index in [2.05, 4.69) is 59.8 Å². The Morgan fingerprint density at radius 2 is 1.74 bits per heavy atom. The van der Waals surface area contributed by atoms with Crippen molar-refractivity contribution in [2.45, 2.75) is 12.8 Å². The lowest BCUT2D eigenvalue weighted by atomic mass is 10.1. The molecule has 0 aliphatic rings. The summed E-state index contributed by atoms with van der Waals surface area (Å²) in [5, 5.41) is 11.8. The summed E-state index contributed by atoms with van der Waals surface area (Å²) in [5.74, 6) is -0.282. The molecule has 0 heterocycles. The fourth-order valence-electron chi connectivity index (χ4n) is 2.82. The highest BCUT2D eigenvalue weighted by atomic mass is 127. The monoisotopic (exact) mass is 704 g/mol. The lowest BCUT2D eigenvalue weighted by Gasteiger charge is -2.12. The highest BCUT2D eigenvalue weighted by molar-refractivity contribution is 14.1. The molecule has 3 aromatic carbocycles. The van der Waals surface area contributed by atoms with E-state index in [0.717, 1.165) is 21.3 Å². The van der Waals surface area contributed by atoms with E-state index < -0.39 is 17.6 Å². The highest BCUT2D eigenvalue weighted by Gasteiger charge is 2.30. The predicted octanol–water partition coefficient (Wildman–Crippen LogP) is 7.96. The Morgan fingerprint density at radius 3 is 2.32 bits per heavy atom. The fraction of sp³-hybridized carbons (Fsp3) is 0.0833. The summed E-state index contributed by atoms with van der Waals surface area (Å²) in [6.45, 7) is 0.339. The lowest BCUT2D eigenvalue weighted by molar-refractivity contribution is -0.137. The van der Waals surface area contributed by atoms with Crippen LogP contribution in [0, 0.1) is 14.9 Å². The molecule has 0 fully saturated rings. The van der Waals surface area contributed by atoms with Crippen molar-refractivity contribution >= 4 is 72.1 Å². The number of benzene rings is 3. The largest absolute Gasteiger partial charge is 0.487 e. The van der Waals surface area contributed by atoms with Crippen molar-refractivity contribution in [2.75, 3.05) is 5.32 Å². The smallest absolute Gasteiger partial charge is 0.416 e. The second kappa shape index (κ2) is 11.4. The van der Waals surface area contributed by atoms with E-state index in [-0.39, 0.29) is 11.3 Å². The van der Waals surface area contributed by atoms with Crippen molar-refractivity contribution in [1.29, 1.82) is 5.26 Å². The van der Waals surface area contributed by atoms with Crippen LogP contribution in [0.5, 0.6) is 5.75 Å². The molecule has 0 radical (unpaired) electrons. The topological polar surface area (TPSA) is 62.1 Å². The average Bonchev–Trinajstić information content (AvgIpc) is 2.77. The lowest BCUT2D eigenvalue weighted by Crippen LogP contribution is -2.14. The molecule has 0 unspecified atom stereocenters. The number of nitrogens with one attached hydrogen (secondary N) is 1. The van der Waals surface area contributed by atoms with Gasteiger partial charge in [-0.15, -0.1) is 0 Å². The molecule has 34 heavy (non-hydrogen) atoms. The summed E-state index contributed by atoms with van der Waals surface area (Å²) in [4.78, 5) is 12.5. The Morgan fingerprint density at radius 1 is 1.09 bits per heavy atom. The van der Waals surface area contributed by atoms with Crippen LogP contribution >= 0.6 is 54.5 Å². The molecule has 3 aromatic rings. The average molecular weight is 706 g/mol. The molecule has 1 amide bonds. The van der Waals surface area contributed by atoms with Gasteiger partial charge in [-0.3, -0.25) is 4.79 Å². The first-order valence-electron chi connectivity index (χ1n) is 9.53. The van der Waals surface area contributed by atoms with E-state index in [4.69, 9.17) is 4.74 Å². The maximum atomic E-state index is 12.9. The summed E-state index contributed by atoms with van der Waals surface area (Å²) in [6, 6.07) is 17.2. The van der Waals surface area contributed by atoms with Gasteiger partial charge in [-0.1, -0.05) is 18.2 Å². The Labute approximate surface area is 224 Å². The molecule has 0 aromatic heterocycles. The summed E-state index contributed by atoms with van der Waals surface area (Å²) >= 11 is 9.09. The molecule has 0 saturated heterocycles. The summed E-state index contributed by atoms with van der Waals surface area (Å²) in [5.41, 5.74) is 0.255. The molecule has 0 spiro atoms. The Hall–Kier alpha value is -2.36. The molecule has 0 atom stereocenters. The van der Waals surface area contributed by atoms with Gasteiger partial charge in [-0.2, -0.15) is 18.4 Å². The van der Waals surface area contributed by atoms with Gasteiger partial charge in [-0.05, 0) is 114 Å². The van der Waals surface area contributed by atoms with Crippen molar-refractivity contribution in [1.82, 2.24) is 0 Å². The highest BCUT2D eigenvalue weighted by Crippen LogP contribution is 2.36. The quantitative estimate of drug-likeness (QED) is 0.161. The van der Waals surface area contributed by atoms with Gasteiger partial charge < -0.3 is 10.1 Å². The second-order valence-electron chi connectivity index (χ2n) is 6.93. The van der Waals surface area contributed by atoms with Gasteiger partial charge in [0.2, 0.25) is 0 Å². The van der Waals surface area contributed by atoms with E-state index in [0.29, 0.717) is 26.9 Å². The molecule has 3 rings (SSSR count). The zero-order valence-corrected chi connectivity index (χ0v) is 22.4. The predicted molar refractivity (Wildman–Crippen MR) is 139 cm³/mol. The minimum atomic E-state index is -4.55. The van der Waals surface area contributed by atoms with E-state index in [1.54, 1.807) is 18.2 Å². The first-order chi connectivity index (χ1) is 16.1. The normalized spacial score (nSPS) is 11.6. The van der Waals surface area contributed by atoms with Crippen molar-refractivity contribution in [3.8, 4) is 11.8 Å². The van der Waals surface area contributed by atoms with Crippen LogP contribution in [0.1, 0.15) is 16.7 Å². The number of nitriles is 1.